The normalized spacial score (nSPS) is 12.8. The number of amides is 1. The van der Waals surface area contributed by atoms with Gasteiger partial charge in [0.2, 0.25) is 5.71 Å². The van der Waals surface area contributed by atoms with Gasteiger partial charge in [0.1, 0.15) is 17.5 Å². The van der Waals surface area contributed by atoms with E-state index in [4.69, 9.17) is 10.2 Å². The molecule has 1 atom stereocenters. The molecule has 0 bridgehead atoms. The van der Waals surface area contributed by atoms with E-state index >= 15 is 0 Å². The maximum absolute atomic E-state index is 12.7. The van der Waals surface area contributed by atoms with Gasteiger partial charge >= 0.3 is 0 Å². The number of furan rings is 1. The van der Waals surface area contributed by atoms with E-state index < -0.39 is 0 Å². The Bertz CT molecular complexity index is 775. The molecule has 0 aliphatic carbocycles. The molecule has 7 heteroatoms. The third-order valence-corrected chi connectivity index (χ3v) is 4.16. The first-order valence-electron chi connectivity index (χ1n) is 7.69. The molecule has 2 rings (SSSR count). The Morgan fingerprint density at radius 1 is 1.48 bits per heavy atom. The van der Waals surface area contributed by atoms with E-state index in [-0.39, 0.29) is 34.2 Å². The highest BCUT2D eigenvalue weighted by atomic mass is 16.3. The van der Waals surface area contributed by atoms with Crippen molar-refractivity contribution in [2.24, 2.45) is 18.7 Å². The lowest BCUT2D eigenvalue weighted by molar-refractivity contribution is 0.0789. The third-order valence-electron chi connectivity index (χ3n) is 4.16. The topological polar surface area (TPSA) is 94.4 Å². The summed E-state index contributed by atoms with van der Waals surface area (Å²) in [5.74, 6) is 0.509. The number of carbonyl (C=O) groups is 1. The maximum atomic E-state index is 12.7. The van der Waals surface area contributed by atoms with Gasteiger partial charge in [0.05, 0.1) is 5.56 Å². The monoisotopic (exact) mass is 320 g/mol. The molecule has 0 aliphatic rings. The number of carbonyl (C=O) groups excluding carboxylic acids is 1. The van der Waals surface area contributed by atoms with Crippen LogP contribution in [0.1, 0.15) is 36.4 Å². The van der Waals surface area contributed by atoms with Gasteiger partial charge in [0.15, 0.2) is 0 Å². The first-order valence-corrected chi connectivity index (χ1v) is 7.69. The van der Waals surface area contributed by atoms with Crippen LogP contribution in [-0.2, 0) is 7.05 Å². The van der Waals surface area contributed by atoms with Crippen molar-refractivity contribution in [1.29, 1.82) is 0 Å². The van der Waals surface area contributed by atoms with Crippen LogP contribution in [-0.4, -0.2) is 40.0 Å². The Morgan fingerprint density at radius 2 is 2.13 bits per heavy atom. The highest BCUT2D eigenvalue weighted by molar-refractivity contribution is 6.06. The minimum atomic E-state index is -0.289. The molecule has 0 fully saturated rings. The molecule has 23 heavy (non-hydrogen) atoms. The predicted octanol–water partition coefficient (Wildman–Crippen LogP) is 1.28. The molecule has 2 heterocycles. The number of rotatable bonds is 5. The second-order valence-corrected chi connectivity index (χ2v) is 6.30. The molecule has 7 nitrogen and oxygen atoms in total. The number of nitrogens with zero attached hydrogens (tertiary/aromatic N) is 3. The number of hydrogen-bond donors (Lipinski definition) is 1. The van der Waals surface area contributed by atoms with E-state index in [9.17, 15) is 9.59 Å². The largest absolute Gasteiger partial charge is 0.442 e. The van der Waals surface area contributed by atoms with Crippen LogP contribution in [0.15, 0.2) is 15.5 Å². The zero-order chi connectivity index (χ0) is 17.3. The van der Waals surface area contributed by atoms with Crippen LogP contribution >= 0.6 is 0 Å². The molecule has 1 amide bonds. The number of aryl methyl sites for hydroxylation is 2. The number of aromatic nitrogens is 2. The predicted molar refractivity (Wildman–Crippen MR) is 88.4 cm³/mol. The smallest absolute Gasteiger partial charge is 0.265 e. The van der Waals surface area contributed by atoms with Gasteiger partial charge in [0, 0.05) is 26.7 Å². The summed E-state index contributed by atoms with van der Waals surface area (Å²) in [7, 11) is 3.30. The van der Waals surface area contributed by atoms with Crippen LogP contribution in [0.25, 0.3) is 11.1 Å². The molecular formula is C16H24N4O3. The first-order chi connectivity index (χ1) is 10.7. The molecule has 2 N–H and O–H groups in total. The summed E-state index contributed by atoms with van der Waals surface area (Å²) in [4.78, 5) is 30.7. The van der Waals surface area contributed by atoms with Gasteiger partial charge in [0.25, 0.3) is 11.5 Å². The first kappa shape index (κ1) is 17.2. The summed E-state index contributed by atoms with van der Waals surface area (Å²) in [5, 5.41) is 0.234. The fourth-order valence-corrected chi connectivity index (χ4v) is 2.41. The van der Waals surface area contributed by atoms with Crippen molar-refractivity contribution in [3.05, 3.63) is 28.0 Å². The Kier molecular flexibility index (Phi) is 4.89. The minimum Gasteiger partial charge on any atom is -0.442 e. The van der Waals surface area contributed by atoms with E-state index in [1.165, 1.54) is 10.9 Å². The molecule has 0 saturated carbocycles. The maximum Gasteiger partial charge on any atom is 0.265 e. The molecule has 2 aromatic heterocycles. The third kappa shape index (κ3) is 3.29. The zero-order valence-electron chi connectivity index (χ0n) is 14.3. The van der Waals surface area contributed by atoms with Crippen molar-refractivity contribution < 1.29 is 9.21 Å². The Balaban J connectivity index is 2.32. The van der Waals surface area contributed by atoms with Crippen LogP contribution in [0.3, 0.4) is 0 Å². The van der Waals surface area contributed by atoms with Gasteiger partial charge in [-0.3, -0.25) is 9.59 Å². The van der Waals surface area contributed by atoms with Gasteiger partial charge in [-0.05, 0) is 19.3 Å². The molecule has 2 aromatic rings. The van der Waals surface area contributed by atoms with Crippen LogP contribution in [0.2, 0.25) is 0 Å². The molecule has 0 radical (unpaired) electrons. The van der Waals surface area contributed by atoms with Gasteiger partial charge in [-0.1, -0.05) is 13.8 Å². The SMILES string of the molecule is Cc1oc2ncn(C)c(=O)c2c1C(=O)N(C)CCC(N)C(C)C. The van der Waals surface area contributed by atoms with Crippen LogP contribution in [0.5, 0.6) is 0 Å². The second-order valence-electron chi connectivity index (χ2n) is 6.30. The van der Waals surface area contributed by atoms with Gasteiger partial charge < -0.3 is 19.6 Å². The van der Waals surface area contributed by atoms with Crippen LogP contribution in [0, 0.1) is 12.8 Å². The fourth-order valence-electron chi connectivity index (χ4n) is 2.41. The molecule has 0 saturated heterocycles. The number of nitrogens with two attached hydrogens (primary N) is 1. The van der Waals surface area contributed by atoms with Crippen LogP contribution < -0.4 is 11.3 Å². The Morgan fingerprint density at radius 3 is 2.74 bits per heavy atom. The highest BCUT2D eigenvalue weighted by Crippen LogP contribution is 2.22. The van der Waals surface area contributed by atoms with E-state index in [0.29, 0.717) is 24.6 Å². The minimum absolute atomic E-state index is 0.0296. The van der Waals surface area contributed by atoms with Crippen molar-refractivity contribution in [2.75, 3.05) is 13.6 Å². The summed E-state index contributed by atoms with van der Waals surface area (Å²) in [6.07, 6.45) is 2.08. The van der Waals surface area contributed by atoms with Crippen molar-refractivity contribution in [1.82, 2.24) is 14.5 Å². The van der Waals surface area contributed by atoms with E-state index in [1.54, 1.807) is 25.9 Å². The van der Waals surface area contributed by atoms with Crippen molar-refractivity contribution in [3.8, 4) is 0 Å². The molecule has 0 aromatic carbocycles. The zero-order valence-corrected chi connectivity index (χ0v) is 14.3. The Hall–Kier alpha value is -2.15. The average molecular weight is 320 g/mol. The van der Waals surface area contributed by atoms with Gasteiger partial charge in [-0.25, -0.2) is 4.98 Å². The van der Waals surface area contributed by atoms with Crippen LogP contribution in [0.4, 0.5) is 0 Å². The van der Waals surface area contributed by atoms with Gasteiger partial charge in [-0.15, -0.1) is 0 Å². The fraction of sp³-hybridized carbons (Fsp3) is 0.562. The lowest BCUT2D eigenvalue weighted by Crippen LogP contribution is -2.35. The average Bonchev–Trinajstić information content (AvgIpc) is 2.84. The molecule has 1 unspecified atom stereocenters. The van der Waals surface area contributed by atoms with E-state index in [0.717, 1.165) is 0 Å². The van der Waals surface area contributed by atoms with Crippen molar-refractivity contribution >= 4 is 17.0 Å². The summed E-state index contributed by atoms with van der Waals surface area (Å²) < 4.78 is 6.81. The molecular weight excluding hydrogens is 296 g/mol. The van der Waals surface area contributed by atoms with Crippen molar-refractivity contribution in [3.63, 3.8) is 0 Å². The lowest BCUT2D eigenvalue weighted by atomic mass is 10.0. The van der Waals surface area contributed by atoms with Crippen molar-refractivity contribution in [2.45, 2.75) is 33.2 Å². The quantitative estimate of drug-likeness (QED) is 0.895. The second kappa shape index (κ2) is 6.54. The standard InChI is InChI=1S/C16H24N4O3/c1-9(2)11(17)6-7-19(4)15(21)12-10(3)23-14-13(12)16(22)20(5)8-18-14/h8-9,11H,6-7,17H2,1-5H3. The Labute approximate surface area is 135 Å². The van der Waals surface area contributed by atoms with Gasteiger partial charge in [-0.2, -0.15) is 0 Å². The number of hydrogen-bond acceptors (Lipinski definition) is 5. The number of fused-ring (bicyclic) bond motifs is 1. The summed E-state index contributed by atoms with van der Waals surface area (Å²) in [6, 6.07) is 0.0296. The van der Waals surface area contributed by atoms with E-state index in [1.807, 2.05) is 0 Å². The summed E-state index contributed by atoms with van der Waals surface area (Å²) >= 11 is 0. The summed E-state index contributed by atoms with van der Waals surface area (Å²) in [6.45, 7) is 6.29. The lowest BCUT2D eigenvalue weighted by Gasteiger charge is -2.21. The summed E-state index contributed by atoms with van der Waals surface area (Å²) in [5.41, 5.74) is 6.22. The highest BCUT2D eigenvalue weighted by Gasteiger charge is 2.25. The molecule has 0 aliphatic heterocycles. The van der Waals surface area contributed by atoms with E-state index in [2.05, 4.69) is 18.8 Å². The molecule has 126 valence electrons. The molecule has 0 spiro atoms.